The van der Waals surface area contributed by atoms with Gasteiger partial charge in [0.1, 0.15) is 17.9 Å². The molecule has 1 amide bonds. The van der Waals surface area contributed by atoms with Crippen LogP contribution < -0.4 is 10.5 Å². The first-order valence-electron chi connectivity index (χ1n) is 7.07. The van der Waals surface area contributed by atoms with Gasteiger partial charge in [-0.2, -0.15) is 0 Å². The summed E-state index contributed by atoms with van der Waals surface area (Å²) in [5.41, 5.74) is 7.33. The van der Waals surface area contributed by atoms with E-state index in [1.165, 1.54) is 23.4 Å². The summed E-state index contributed by atoms with van der Waals surface area (Å²) in [6.45, 7) is 0.610. The molecule has 1 aliphatic rings. The number of aromatic nitrogens is 2. The lowest BCUT2D eigenvalue weighted by molar-refractivity contribution is -0.274. The first-order valence-corrected chi connectivity index (χ1v) is 7.07. The van der Waals surface area contributed by atoms with Crippen LogP contribution in [0.2, 0.25) is 0 Å². The molecule has 0 saturated carbocycles. The molecule has 0 atom stereocenters. The summed E-state index contributed by atoms with van der Waals surface area (Å²) >= 11 is 0. The summed E-state index contributed by atoms with van der Waals surface area (Å²) in [5.74, 6) is -0.449. The van der Waals surface area contributed by atoms with Crippen molar-refractivity contribution in [1.29, 1.82) is 0 Å². The molecule has 0 unspecified atom stereocenters. The molecule has 0 spiro atoms. The van der Waals surface area contributed by atoms with Crippen LogP contribution in [0, 0.1) is 0 Å². The van der Waals surface area contributed by atoms with Crippen LogP contribution in [-0.4, -0.2) is 33.7 Å². The van der Waals surface area contributed by atoms with Gasteiger partial charge in [-0.15, -0.1) is 13.2 Å². The average Bonchev–Trinajstić information content (AvgIpc) is 2.53. The fourth-order valence-corrected chi connectivity index (χ4v) is 2.56. The number of halogens is 3. The maximum atomic E-state index is 12.5. The normalized spacial score (nSPS) is 14.2. The molecule has 1 aromatic heterocycles. The first-order chi connectivity index (χ1) is 11.3. The van der Waals surface area contributed by atoms with Crippen LogP contribution >= 0.6 is 0 Å². The second-order valence-electron chi connectivity index (χ2n) is 5.24. The number of hydrogen-bond acceptors (Lipinski definition) is 5. The highest BCUT2D eigenvalue weighted by Gasteiger charge is 2.31. The first kappa shape index (κ1) is 16.0. The number of nitrogens with zero attached hydrogens (tertiary/aromatic N) is 3. The molecule has 0 radical (unpaired) electrons. The molecule has 126 valence electrons. The van der Waals surface area contributed by atoms with Crippen molar-refractivity contribution < 1.29 is 22.7 Å². The number of nitrogens with two attached hydrogens (primary N) is 1. The van der Waals surface area contributed by atoms with Gasteiger partial charge in [0.05, 0.1) is 12.2 Å². The van der Waals surface area contributed by atoms with Gasteiger partial charge < -0.3 is 15.4 Å². The average molecular weight is 338 g/mol. The van der Waals surface area contributed by atoms with Crippen molar-refractivity contribution in [2.45, 2.75) is 19.3 Å². The third kappa shape index (κ3) is 3.39. The number of amides is 1. The lowest BCUT2D eigenvalue weighted by Crippen LogP contribution is -2.37. The molecule has 1 aliphatic heterocycles. The SMILES string of the molecule is Nc1ncnc2c1CCN(C(=O)c1cccc(OC(F)(F)F)c1)C2. The van der Waals surface area contributed by atoms with Crippen LogP contribution in [-0.2, 0) is 13.0 Å². The summed E-state index contributed by atoms with van der Waals surface area (Å²) in [4.78, 5) is 22.0. The standard InChI is InChI=1S/C15H13F3N4O2/c16-15(17,18)24-10-3-1-2-9(6-10)14(23)22-5-4-11-12(7-22)20-8-21-13(11)19/h1-3,6,8H,4-5,7H2,(H2,19,20,21). The monoisotopic (exact) mass is 338 g/mol. The van der Waals surface area contributed by atoms with Crippen LogP contribution in [0.5, 0.6) is 5.75 Å². The van der Waals surface area contributed by atoms with E-state index in [1.54, 1.807) is 0 Å². The van der Waals surface area contributed by atoms with E-state index < -0.39 is 18.0 Å². The molecular weight excluding hydrogens is 325 g/mol. The molecule has 24 heavy (non-hydrogen) atoms. The van der Waals surface area contributed by atoms with E-state index >= 15 is 0 Å². The van der Waals surface area contributed by atoms with E-state index in [1.807, 2.05) is 0 Å². The lowest BCUT2D eigenvalue weighted by Gasteiger charge is -2.28. The summed E-state index contributed by atoms with van der Waals surface area (Å²) in [5, 5.41) is 0. The minimum absolute atomic E-state index is 0.113. The predicted molar refractivity (Wildman–Crippen MR) is 78.0 cm³/mol. The fraction of sp³-hybridized carbons (Fsp3) is 0.267. The van der Waals surface area contributed by atoms with Crippen molar-refractivity contribution in [2.24, 2.45) is 0 Å². The van der Waals surface area contributed by atoms with E-state index in [2.05, 4.69) is 14.7 Å². The molecule has 0 saturated heterocycles. The fourth-order valence-electron chi connectivity index (χ4n) is 2.56. The van der Waals surface area contributed by atoms with Crippen molar-refractivity contribution in [3.63, 3.8) is 0 Å². The van der Waals surface area contributed by atoms with E-state index in [9.17, 15) is 18.0 Å². The number of alkyl halides is 3. The number of hydrogen-bond donors (Lipinski definition) is 1. The summed E-state index contributed by atoms with van der Waals surface area (Å²) in [7, 11) is 0. The van der Waals surface area contributed by atoms with Crippen LogP contribution in [0.4, 0.5) is 19.0 Å². The van der Waals surface area contributed by atoms with Gasteiger partial charge >= 0.3 is 6.36 Å². The van der Waals surface area contributed by atoms with Crippen molar-refractivity contribution in [3.05, 3.63) is 47.4 Å². The molecular formula is C15H13F3N4O2. The minimum atomic E-state index is -4.81. The second-order valence-corrected chi connectivity index (χ2v) is 5.24. The minimum Gasteiger partial charge on any atom is -0.406 e. The van der Waals surface area contributed by atoms with Crippen LogP contribution in [0.3, 0.4) is 0 Å². The number of benzene rings is 1. The van der Waals surface area contributed by atoms with Gasteiger partial charge in [0.15, 0.2) is 0 Å². The highest BCUT2D eigenvalue weighted by atomic mass is 19.4. The Morgan fingerprint density at radius 3 is 2.83 bits per heavy atom. The lowest BCUT2D eigenvalue weighted by atomic mass is 10.0. The largest absolute Gasteiger partial charge is 0.573 e. The van der Waals surface area contributed by atoms with Gasteiger partial charge in [-0.3, -0.25) is 4.79 Å². The van der Waals surface area contributed by atoms with E-state index in [0.717, 1.165) is 17.7 Å². The number of anilines is 1. The Hall–Kier alpha value is -2.84. The Morgan fingerprint density at radius 1 is 1.29 bits per heavy atom. The van der Waals surface area contributed by atoms with Gasteiger partial charge in [-0.05, 0) is 24.6 Å². The Labute approximate surface area is 135 Å². The van der Waals surface area contributed by atoms with Crippen LogP contribution in [0.15, 0.2) is 30.6 Å². The van der Waals surface area contributed by atoms with E-state index in [-0.39, 0.29) is 12.1 Å². The van der Waals surface area contributed by atoms with Gasteiger partial charge in [0.2, 0.25) is 0 Å². The highest BCUT2D eigenvalue weighted by molar-refractivity contribution is 5.94. The molecule has 0 aliphatic carbocycles. The van der Waals surface area contributed by atoms with Crippen LogP contribution in [0.25, 0.3) is 0 Å². The number of nitrogen functional groups attached to an aromatic ring is 1. The van der Waals surface area contributed by atoms with Crippen molar-refractivity contribution in [3.8, 4) is 5.75 Å². The predicted octanol–water partition coefficient (Wildman–Crippen LogP) is 2.16. The third-order valence-corrected chi connectivity index (χ3v) is 3.64. The highest BCUT2D eigenvalue weighted by Crippen LogP contribution is 2.25. The zero-order valence-corrected chi connectivity index (χ0v) is 12.4. The number of ether oxygens (including phenoxy) is 1. The van der Waals surface area contributed by atoms with Gasteiger partial charge in [0.25, 0.3) is 5.91 Å². The van der Waals surface area contributed by atoms with Crippen molar-refractivity contribution >= 4 is 11.7 Å². The van der Waals surface area contributed by atoms with Crippen LogP contribution in [0.1, 0.15) is 21.6 Å². The zero-order valence-electron chi connectivity index (χ0n) is 12.4. The molecule has 0 fully saturated rings. The summed E-state index contributed by atoms with van der Waals surface area (Å²) < 4.78 is 40.7. The molecule has 9 heteroatoms. The molecule has 1 aromatic carbocycles. The number of rotatable bonds is 2. The Balaban J connectivity index is 1.79. The molecule has 2 aromatic rings. The maximum Gasteiger partial charge on any atom is 0.573 e. The molecule has 0 bridgehead atoms. The van der Waals surface area contributed by atoms with Crippen molar-refractivity contribution in [2.75, 3.05) is 12.3 Å². The smallest absolute Gasteiger partial charge is 0.406 e. The summed E-state index contributed by atoms with van der Waals surface area (Å²) in [6, 6.07) is 4.99. The number of fused-ring (bicyclic) bond motifs is 1. The Kier molecular flexibility index (Phi) is 4.00. The third-order valence-electron chi connectivity index (χ3n) is 3.64. The number of carbonyl (C=O) groups is 1. The maximum absolute atomic E-state index is 12.5. The Morgan fingerprint density at radius 2 is 2.08 bits per heavy atom. The second kappa shape index (κ2) is 5.99. The quantitative estimate of drug-likeness (QED) is 0.907. The topological polar surface area (TPSA) is 81.3 Å². The van der Waals surface area contributed by atoms with E-state index in [4.69, 9.17) is 5.73 Å². The Bertz CT molecular complexity index is 780. The van der Waals surface area contributed by atoms with Gasteiger partial charge in [-0.1, -0.05) is 6.07 Å². The number of carbonyl (C=O) groups excluding carboxylic acids is 1. The van der Waals surface area contributed by atoms with Gasteiger partial charge in [0, 0.05) is 17.7 Å². The van der Waals surface area contributed by atoms with E-state index in [0.29, 0.717) is 24.5 Å². The van der Waals surface area contributed by atoms with Crippen molar-refractivity contribution in [1.82, 2.24) is 14.9 Å². The zero-order chi connectivity index (χ0) is 17.3. The molecule has 2 heterocycles. The molecule has 3 rings (SSSR count). The molecule has 6 nitrogen and oxygen atoms in total. The summed E-state index contributed by atoms with van der Waals surface area (Å²) in [6.07, 6.45) is -2.99. The van der Waals surface area contributed by atoms with Gasteiger partial charge in [-0.25, -0.2) is 9.97 Å². The molecule has 2 N–H and O–H groups in total.